The molecule has 5 heteroatoms. The van der Waals surface area contributed by atoms with Gasteiger partial charge in [-0.2, -0.15) is 0 Å². The van der Waals surface area contributed by atoms with Crippen LogP contribution in [0, 0.1) is 0 Å². The summed E-state index contributed by atoms with van der Waals surface area (Å²) in [4.78, 5) is 23.1. The molecule has 0 heterocycles. The van der Waals surface area contributed by atoms with Crippen LogP contribution in [0.3, 0.4) is 0 Å². The van der Waals surface area contributed by atoms with Gasteiger partial charge in [0.1, 0.15) is 0 Å². The monoisotopic (exact) mass is 424 g/mol. The smallest absolute Gasteiger partial charge is 0.545 e. The van der Waals surface area contributed by atoms with E-state index in [-0.39, 0.29) is 30.0 Å². The van der Waals surface area contributed by atoms with Gasteiger partial charge >= 0.3 is 24.8 Å². The summed E-state index contributed by atoms with van der Waals surface area (Å²) in [5.74, 6) is -1.94. The summed E-state index contributed by atoms with van der Waals surface area (Å²) < 4.78 is 5.21. The fraction of sp³-hybridized carbons (Fsp3) is 0.692. The number of esters is 1. The van der Waals surface area contributed by atoms with Gasteiger partial charge in [0.15, 0.2) is 0 Å². The standard InChI is InChI=1S/C26H42O4.Li/c1-2-3-4-5-6-7-8-9-10-11-12-13-14-15-16-19-22-30-26(29)24-21-18-17-20-23(24)25(27)28;/h17-18,20-21H,2-16,19,22H2,1H3,(H,27,28);/q;+1/p-1. The molecule has 31 heavy (non-hydrogen) atoms. The Morgan fingerprint density at radius 1 is 0.677 bits per heavy atom. The van der Waals surface area contributed by atoms with Crippen molar-refractivity contribution in [2.75, 3.05) is 6.61 Å². The van der Waals surface area contributed by atoms with Gasteiger partial charge in [-0.1, -0.05) is 121 Å². The van der Waals surface area contributed by atoms with Crippen molar-refractivity contribution >= 4 is 11.9 Å². The van der Waals surface area contributed by atoms with Crippen molar-refractivity contribution in [3.05, 3.63) is 35.4 Å². The summed E-state index contributed by atoms with van der Waals surface area (Å²) >= 11 is 0. The second-order valence-electron chi connectivity index (χ2n) is 8.27. The molecule has 0 fully saturated rings. The molecule has 1 rings (SSSR count). The van der Waals surface area contributed by atoms with Crippen molar-refractivity contribution in [1.29, 1.82) is 0 Å². The van der Waals surface area contributed by atoms with E-state index in [0.717, 1.165) is 19.3 Å². The summed E-state index contributed by atoms with van der Waals surface area (Å²) in [7, 11) is 0. The zero-order valence-corrected chi connectivity index (χ0v) is 20.0. The van der Waals surface area contributed by atoms with E-state index in [4.69, 9.17) is 4.74 Å². The van der Waals surface area contributed by atoms with Gasteiger partial charge in [-0.15, -0.1) is 0 Å². The van der Waals surface area contributed by atoms with E-state index in [2.05, 4.69) is 6.92 Å². The van der Waals surface area contributed by atoms with Crippen LogP contribution in [0.1, 0.15) is 130 Å². The Morgan fingerprint density at radius 2 is 1.06 bits per heavy atom. The molecule has 0 unspecified atom stereocenters. The van der Waals surface area contributed by atoms with Crippen molar-refractivity contribution in [3.8, 4) is 0 Å². The number of carbonyl (C=O) groups is 2. The number of hydrogen-bond donors (Lipinski definition) is 0. The Kier molecular flexibility index (Phi) is 19.8. The van der Waals surface area contributed by atoms with Gasteiger partial charge in [0.25, 0.3) is 0 Å². The van der Waals surface area contributed by atoms with Gasteiger partial charge in [-0.25, -0.2) is 4.79 Å². The summed E-state index contributed by atoms with van der Waals surface area (Å²) in [6.07, 6.45) is 20.7. The van der Waals surface area contributed by atoms with Crippen LogP contribution in [0.25, 0.3) is 0 Å². The van der Waals surface area contributed by atoms with Crippen LogP contribution in [-0.2, 0) is 4.74 Å². The fourth-order valence-electron chi connectivity index (χ4n) is 3.73. The van der Waals surface area contributed by atoms with Crippen LogP contribution in [0.2, 0.25) is 0 Å². The van der Waals surface area contributed by atoms with Crippen LogP contribution in [0.4, 0.5) is 0 Å². The maximum Gasteiger partial charge on any atom is 1.00 e. The van der Waals surface area contributed by atoms with Crippen LogP contribution in [0.5, 0.6) is 0 Å². The summed E-state index contributed by atoms with van der Waals surface area (Å²) in [6, 6.07) is 6.01. The van der Waals surface area contributed by atoms with Gasteiger partial charge in [0.2, 0.25) is 0 Å². The summed E-state index contributed by atoms with van der Waals surface area (Å²) in [6.45, 7) is 2.60. The average molecular weight is 425 g/mol. The molecule has 0 amide bonds. The summed E-state index contributed by atoms with van der Waals surface area (Å²) in [5, 5.41) is 11.0. The van der Waals surface area contributed by atoms with Gasteiger partial charge in [0.05, 0.1) is 18.1 Å². The van der Waals surface area contributed by atoms with Crippen LogP contribution in [0.15, 0.2) is 24.3 Å². The first kappa shape index (κ1) is 29.8. The molecule has 1 aromatic carbocycles. The average Bonchev–Trinajstić information content (AvgIpc) is 2.75. The molecule has 0 aliphatic rings. The first-order valence-electron chi connectivity index (χ1n) is 12.1. The zero-order chi connectivity index (χ0) is 21.9. The molecule has 4 nitrogen and oxygen atoms in total. The van der Waals surface area contributed by atoms with Crippen molar-refractivity contribution in [1.82, 2.24) is 0 Å². The second-order valence-corrected chi connectivity index (χ2v) is 8.27. The third-order valence-corrected chi connectivity index (χ3v) is 5.60. The molecule has 0 saturated heterocycles. The minimum absolute atomic E-state index is 0. The van der Waals surface area contributed by atoms with Gasteiger partial charge < -0.3 is 14.6 Å². The molecule has 0 radical (unpaired) electrons. The Hall–Kier alpha value is -1.24. The quantitative estimate of drug-likeness (QED) is 0.194. The zero-order valence-electron chi connectivity index (χ0n) is 20.0. The molecular formula is C26H41LiO4. The minimum Gasteiger partial charge on any atom is -0.545 e. The number of benzene rings is 1. The second kappa shape index (κ2) is 20.6. The maximum atomic E-state index is 12.0. The largest absolute Gasteiger partial charge is 1.00 e. The number of carboxylic acids is 1. The third-order valence-electron chi connectivity index (χ3n) is 5.60. The topological polar surface area (TPSA) is 66.4 Å². The number of carboxylic acid groups (broad SMARTS) is 1. The predicted octanol–water partition coefficient (Wildman–Crippen LogP) is 3.47. The van der Waals surface area contributed by atoms with Crippen molar-refractivity contribution in [2.45, 2.75) is 110 Å². The molecule has 0 N–H and O–H groups in total. The molecule has 170 valence electrons. The van der Waals surface area contributed by atoms with E-state index in [1.54, 1.807) is 12.1 Å². The van der Waals surface area contributed by atoms with E-state index in [1.807, 2.05) is 0 Å². The Labute approximate surface area is 201 Å². The molecule has 1 aromatic rings. The fourth-order valence-corrected chi connectivity index (χ4v) is 3.73. The number of rotatable bonds is 19. The third kappa shape index (κ3) is 15.2. The van der Waals surface area contributed by atoms with Crippen LogP contribution >= 0.6 is 0 Å². The first-order valence-corrected chi connectivity index (χ1v) is 12.1. The predicted molar refractivity (Wildman–Crippen MR) is 121 cm³/mol. The molecule has 0 aromatic heterocycles. The molecule has 0 saturated carbocycles. The van der Waals surface area contributed by atoms with Crippen molar-refractivity contribution < 1.29 is 38.3 Å². The normalized spacial score (nSPS) is 10.5. The number of carbonyl (C=O) groups excluding carboxylic acids is 2. The molecule has 0 aliphatic heterocycles. The molecule has 0 bridgehead atoms. The van der Waals surface area contributed by atoms with Crippen molar-refractivity contribution in [2.24, 2.45) is 0 Å². The number of unbranched alkanes of at least 4 members (excludes halogenated alkanes) is 15. The maximum absolute atomic E-state index is 12.0. The van der Waals surface area contributed by atoms with Gasteiger partial charge in [-0.05, 0) is 12.5 Å². The van der Waals surface area contributed by atoms with Gasteiger partial charge in [-0.3, -0.25) is 0 Å². The molecule has 0 atom stereocenters. The van der Waals surface area contributed by atoms with E-state index in [0.29, 0.717) is 6.61 Å². The molecule has 0 spiro atoms. The molecule has 0 aliphatic carbocycles. The number of ether oxygens (including phenoxy) is 1. The van der Waals surface area contributed by atoms with E-state index in [1.165, 1.54) is 95.6 Å². The van der Waals surface area contributed by atoms with E-state index >= 15 is 0 Å². The van der Waals surface area contributed by atoms with Gasteiger partial charge in [0, 0.05) is 5.56 Å². The van der Waals surface area contributed by atoms with E-state index < -0.39 is 11.9 Å². The molecular weight excluding hydrogens is 383 g/mol. The Balaban J connectivity index is 0.00000900. The van der Waals surface area contributed by atoms with E-state index in [9.17, 15) is 14.7 Å². The first-order chi connectivity index (χ1) is 14.7. The summed E-state index contributed by atoms with van der Waals surface area (Å²) in [5.41, 5.74) is -0.0523. The van der Waals surface area contributed by atoms with Crippen molar-refractivity contribution in [3.63, 3.8) is 0 Å². The Morgan fingerprint density at radius 3 is 1.48 bits per heavy atom. The minimum atomic E-state index is -1.36. The number of aromatic carboxylic acids is 1. The SMILES string of the molecule is CCCCCCCCCCCCCCCCCCOC(=O)c1ccccc1C(=O)[O-].[Li+]. The van der Waals surface area contributed by atoms with Crippen LogP contribution in [-0.4, -0.2) is 18.5 Å². The van der Waals surface area contributed by atoms with Crippen LogP contribution < -0.4 is 24.0 Å². The number of hydrogen-bond acceptors (Lipinski definition) is 4. The Bertz CT molecular complexity index is 589.